The van der Waals surface area contributed by atoms with Crippen molar-refractivity contribution in [1.82, 2.24) is 14.5 Å². The number of nitrogens with zero attached hydrogens (tertiary/aromatic N) is 4. The van der Waals surface area contributed by atoms with Crippen molar-refractivity contribution in [3.05, 3.63) is 34.6 Å². The Morgan fingerprint density at radius 1 is 1.21 bits per heavy atom. The van der Waals surface area contributed by atoms with Gasteiger partial charge in [0.1, 0.15) is 0 Å². The van der Waals surface area contributed by atoms with Gasteiger partial charge >= 0.3 is 0 Å². The van der Waals surface area contributed by atoms with Crippen LogP contribution in [-0.2, 0) is 11.3 Å². The summed E-state index contributed by atoms with van der Waals surface area (Å²) in [7, 11) is 0. The van der Waals surface area contributed by atoms with Crippen LogP contribution in [0, 0.1) is 0 Å². The minimum Gasteiger partial charge on any atom is -0.350 e. The van der Waals surface area contributed by atoms with Crippen molar-refractivity contribution in [2.24, 2.45) is 0 Å². The maximum absolute atomic E-state index is 12.9. The van der Waals surface area contributed by atoms with Crippen molar-refractivity contribution in [1.29, 1.82) is 0 Å². The van der Waals surface area contributed by atoms with Gasteiger partial charge in [0.25, 0.3) is 5.56 Å². The summed E-state index contributed by atoms with van der Waals surface area (Å²) in [6, 6.07) is 7.97. The van der Waals surface area contributed by atoms with Crippen molar-refractivity contribution in [3.8, 4) is 0 Å². The number of hydrogen-bond donors (Lipinski definition) is 0. The number of para-hydroxylation sites is 2. The smallest absolute Gasteiger partial charge is 0.293 e. The van der Waals surface area contributed by atoms with Gasteiger partial charge in [0, 0.05) is 32.6 Å². The molecule has 3 heterocycles. The molecule has 0 spiro atoms. The topological polar surface area (TPSA) is 58.4 Å². The van der Waals surface area contributed by atoms with Crippen LogP contribution in [0.3, 0.4) is 0 Å². The molecule has 1 aromatic heterocycles. The van der Waals surface area contributed by atoms with Crippen LogP contribution in [0.25, 0.3) is 11.0 Å². The van der Waals surface area contributed by atoms with E-state index in [1.165, 1.54) is 0 Å². The minimum atomic E-state index is -0.0374. The molecule has 0 aliphatic carbocycles. The summed E-state index contributed by atoms with van der Waals surface area (Å²) in [6.45, 7) is 4.93. The first kappa shape index (κ1) is 15.2. The Hall–Kier alpha value is -2.37. The highest BCUT2D eigenvalue weighted by molar-refractivity contribution is 5.79. The van der Waals surface area contributed by atoms with Crippen LogP contribution in [-0.4, -0.2) is 46.0 Å². The predicted octanol–water partition coefficient (Wildman–Crippen LogP) is 1.62. The van der Waals surface area contributed by atoms with Crippen molar-refractivity contribution < 1.29 is 4.79 Å². The Morgan fingerprint density at radius 3 is 2.79 bits per heavy atom. The lowest BCUT2D eigenvalue weighted by Gasteiger charge is -2.24. The van der Waals surface area contributed by atoms with Crippen molar-refractivity contribution in [3.63, 3.8) is 0 Å². The van der Waals surface area contributed by atoms with E-state index in [-0.39, 0.29) is 17.5 Å². The molecule has 2 fully saturated rings. The molecule has 0 unspecified atom stereocenters. The van der Waals surface area contributed by atoms with Gasteiger partial charge in [0.2, 0.25) is 5.91 Å². The molecule has 0 radical (unpaired) electrons. The van der Waals surface area contributed by atoms with Crippen LogP contribution in [0.15, 0.2) is 29.1 Å². The summed E-state index contributed by atoms with van der Waals surface area (Å²) in [4.78, 5) is 33.5. The Bertz CT molecular complexity index is 845. The lowest BCUT2D eigenvalue weighted by Crippen LogP contribution is -2.39. The third kappa shape index (κ3) is 2.37. The number of likely N-dealkylation sites (tertiary alicyclic amines) is 1. The second-order valence-electron chi connectivity index (χ2n) is 6.55. The molecule has 1 amide bonds. The Labute approximate surface area is 140 Å². The molecule has 6 nitrogen and oxygen atoms in total. The molecule has 0 bridgehead atoms. The zero-order valence-corrected chi connectivity index (χ0v) is 13.9. The fourth-order valence-electron chi connectivity index (χ4n) is 3.94. The van der Waals surface area contributed by atoms with E-state index >= 15 is 0 Å². The van der Waals surface area contributed by atoms with Crippen LogP contribution in [0.2, 0.25) is 0 Å². The number of rotatable bonds is 3. The molecule has 126 valence electrons. The zero-order valence-electron chi connectivity index (χ0n) is 13.9. The fourth-order valence-corrected chi connectivity index (χ4v) is 3.94. The molecule has 2 aliphatic rings. The van der Waals surface area contributed by atoms with E-state index < -0.39 is 0 Å². The fraction of sp³-hybridized carbons (Fsp3) is 0.500. The molecule has 4 rings (SSSR count). The van der Waals surface area contributed by atoms with E-state index in [9.17, 15) is 9.59 Å². The minimum absolute atomic E-state index is 0.0374. The molecule has 0 saturated carbocycles. The number of carbonyl (C=O) groups is 1. The normalized spacial score (nSPS) is 21.2. The van der Waals surface area contributed by atoms with Gasteiger partial charge in [0.15, 0.2) is 5.82 Å². The van der Waals surface area contributed by atoms with E-state index in [1.54, 1.807) is 4.57 Å². The van der Waals surface area contributed by atoms with Crippen molar-refractivity contribution in [2.45, 2.75) is 38.8 Å². The molecule has 6 heteroatoms. The maximum Gasteiger partial charge on any atom is 0.293 e. The van der Waals surface area contributed by atoms with E-state index in [1.807, 2.05) is 36.1 Å². The first-order valence-corrected chi connectivity index (χ1v) is 8.73. The third-order valence-corrected chi connectivity index (χ3v) is 5.17. The largest absolute Gasteiger partial charge is 0.350 e. The van der Waals surface area contributed by atoms with Gasteiger partial charge in [0.05, 0.1) is 17.1 Å². The number of hydrogen-bond acceptors (Lipinski definition) is 4. The zero-order chi connectivity index (χ0) is 16.7. The summed E-state index contributed by atoms with van der Waals surface area (Å²) >= 11 is 0. The van der Waals surface area contributed by atoms with Gasteiger partial charge in [-0.2, -0.15) is 0 Å². The van der Waals surface area contributed by atoms with Crippen LogP contribution in [0.4, 0.5) is 5.82 Å². The standard InChI is InChI=1S/C18H22N4O2/c1-2-21-15-7-4-3-6-14(15)19-17(18(21)24)20-11-9-13(12-20)22-10-5-8-16(22)23/h3-4,6-7,13H,2,5,8-12H2,1H3/t13-/m0/s1. The number of fused-ring (bicyclic) bond motifs is 1. The maximum atomic E-state index is 12.9. The number of carbonyl (C=O) groups excluding carboxylic acids is 1. The molecule has 2 aromatic rings. The van der Waals surface area contributed by atoms with Gasteiger partial charge in [-0.25, -0.2) is 4.98 Å². The van der Waals surface area contributed by atoms with Gasteiger partial charge in [-0.05, 0) is 31.9 Å². The van der Waals surface area contributed by atoms with Gasteiger partial charge < -0.3 is 14.4 Å². The van der Waals surface area contributed by atoms with Crippen LogP contribution >= 0.6 is 0 Å². The van der Waals surface area contributed by atoms with Gasteiger partial charge in [-0.3, -0.25) is 9.59 Å². The first-order valence-electron chi connectivity index (χ1n) is 8.73. The molecule has 2 aliphatic heterocycles. The predicted molar refractivity (Wildman–Crippen MR) is 93.2 cm³/mol. The Kier molecular flexibility index (Phi) is 3.75. The number of aromatic nitrogens is 2. The number of benzene rings is 1. The van der Waals surface area contributed by atoms with E-state index in [4.69, 9.17) is 0 Å². The summed E-state index contributed by atoms with van der Waals surface area (Å²) in [6.07, 6.45) is 2.52. The van der Waals surface area contributed by atoms with E-state index in [0.29, 0.717) is 25.3 Å². The van der Waals surface area contributed by atoms with Crippen molar-refractivity contribution >= 4 is 22.8 Å². The monoisotopic (exact) mass is 326 g/mol. The third-order valence-electron chi connectivity index (χ3n) is 5.17. The number of anilines is 1. The number of aryl methyl sites for hydroxylation is 1. The summed E-state index contributed by atoms with van der Waals surface area (Å²) < 4.78 is 1.78. The summed E-state index contributed by atoms with van der Waals surface area (Å²) in [5.41, 5.74) is 1.68. The van der Waals surface area contributed by atoms with Gasteiger partial charge in [-0.15, -0.1) is 0 Å². The molecule has 0 N–H and O–H groups in total. The SMILES string of the molecule is CCn1c(=O)c(N2CC[C@H](N3CCCC3=O)C2)nc2ccccc21. The van der Waals surface area contributed by atoms with E-state index in [2.05, 4.69) is 9.88 Å². The second kappa shape index (κ2) is 5.92. The highest BCUT2D eigenvalue weighted by Crippen LogP contribution is 2.24. The second-order valence-corrected chi connectivity index (χ2v) is 6.55. The van der Waals surface area contributed by atoms with Crippen molar-refractivity contribution in [2.75, 3.05) is 24.5 Å². The molecule has 2 saturated heterocycles. The highest BCUT2D eigenvalue weighted by Gasteiger charge is 2.34. The van der Waals surface area contributed by atoms with Crippen LogP contribution in [0.1, 0.15) is 26.2 Å². The van der Waals surface area contributed by atoms with E-state index in [0.717, 1.165) is 37.0 Å². The molecule has 24 heavy (non-hydrogen) atoms. The number of amides is 1. The lowest BCUT2D eigenvalue weighted by molar-refractivity contribution is -0.129. The average molecular weight is 326 g/mol. The van der Waals surface area contributed by atoms with Gasteiger partial charge in [-0.1, -0.05) is 12.1 Å². The summed E-state index contributed by atoms with van der Waals surface area (Å²) in [5, 5.41) is 0. The summed E-state index contributed by atoms with van der Waals surface area (Å²) in [5.74, 6) is 0.768. The Balaban J connectivity index is 1.68. The first-order chi connectivity index (χ1) is 11.7. The quantitative estimate of drug-likeness (QED) is 0.860. The highest BCUT2D eigenvalue weighted by atomic mass is 16.2. The molecule has 1 atom stereocenters. The lowest BCUT2D eigenvalue weighted by atomic mass is 10.2. The Morgan fingerprint density at radius 2 is 2.04 bits per heavy atom. The molecular formula is C18H22N4O2. The molecular weight excluding hydrogens is 304 g/mol. The van der Waals surface area contributed by atoms with Crippen LogP contribution in [0.5, 0.6) is 0 Å². The molecule has 1 aromatic carbocycles. The van der Waals surface area contributed by atoms with Crippen LogP contribution < -0.4 is 10.5 Å². The average Bonchev–Trinajstić information content (AvgIpc) is 3.23.